The van der Waals surface area contributed by atoms with E-state index >= 15 is 0 Å². The molecule has 3 rings (SSSR count). The van der Waals surface area contributed by atoms with Gasteiger partial charge in [0.05, 0.1) is 19.6 Å². The van der Waals surface area contributed by atoms with Crippen LogP contribution in [-0.2, 0) is 20.9 Å². The van der Waals surface area contributed by atoms with Crippen LogP contribution < -0.4 is 10.1 Å². The minimum absolute atomic E-state index is 0.0571. The number of likely N-dealkylation sites (tertiary alicyclic amines) is 1. The molecule has 2 fully saturated rings. The van der Waals surface area contributed by atoms with E-state index in [0.717, 1.165) is 11.3 Å². The highest BCUT2D eigenvalue weighted by molar-refractivity contribution is 5.83. The highest BCUT2D eigenvalue weighted by atomic mass is 16.6. The molecule has 2 heterocycles. The van der Waals surface area contributed by atoms with Crippen molar-refractivity contribution in [1.29, 1.82) is 0 Å². The fourth-order valence-electron chi connectivity index (χ4n) is 3.36. The van der Waals surface area contributed by atoms with Gasteiger partial charge in [-0.2, -0.15) is 0 Å². The number of carbonyl (C=O) groups is 3. The summed E-state index contributed by atoms with van der Waals surface area (Å²) in [5, 5.41) is 2.87. The average molecular weight is 375 g/mol. The van der Waals surface area contributed by atoms with Gasteiger partial charge in [-0.05, 0) is 24.1 Å². The van der Waals surface area contributed by atoms with Gasteiger partial charge < -0.3 is 24.6 Å². The zero-order valence-electron chi connectivity index (χ0n) is 15.5. The van der Waals surface area contributed by atoms with E-state index in [1.807, 2.05) is 24.3 Å². The minimum atomic E-state index is -0.336. The summed E-state index contributed by atoms with van der Waals surface area (Å²) < 4.78 is 10.1. The van der Waals surface area contributed by atoms with Gasteiger partial charge in [-0.1, -0.05) is 12.1 Å². The summed E-state index contributed by atoms with van der Waals surface area (Å²) in [7, 11) is 1.60. The lowest BCUT2D eigenvalue weighted by Crippen LogP contribution is -2.46. The van der Waals surface area contributed by atoms with Crippen LogP contribution in [-0.4, -0.2) is 67.6 Å². The Bertz CT molecular complexity index is 708. The fourth-order valence-corrected chi connectivity index (χ4v) is 3.36. The van der Waals surface area contributed by atoms with Crippen molar-refractivity contribution >= 4 is 17.9 Å². The second-order valence-corrected chi connectivity index (χ2v) is 6.75. The second-order valence-electron chi connectivity index (χ2n) is 6.75. The lowest BCUT2D eigenvalue weighted by molar-refractivity contribution is -0.138. The molecular formula is C19H25N3O5. The molecule has 27 heavy (non-hydrogen) atoms. The standard InChI is InChI=1S/C19H25N3O5/c1-26-16-4-2-3-14(11-16)12-22-13-15(5-6-17(22)23)18(24)20-7-8-21-9-10-27-19(21)25/h2-4,11,15H,5-10,12-13H2,1H3,(H,20,24)/t15-/m0/s1. The maximum atomic E-state index is 12.5. The predicted molar refractivity (Wildman–Crippen MR) is 97.1 cm³/mol. The Kier molecular flexibility index (Phi) is 6.16. The Morgan fingerprint density at radius 2 is 2.19 bits per heavy atom. The largest absolute Gasteiger partial charge is 0.497 e. The van der Waals surface area contributed by atoms with Gasteiger partial charge in [0.1, 0.15) is 12.4 Å². The number of benzene rings is 1. The van der Waals surface area contributed by atoms with Crippen LogP contribution in [0.5, 0.6) is 5.75 Å². The quantitative estimate of drug-likeness (QED) is 0.768. The molecule has 0 saturated carbocycles. The van der Waals surface area contributed by atoms with Gasteiger partial charge in [-0.15, -0.1) is 0 Å². The SMILES string of the molecule is COc1cccc(CN2C[C@@H](C(=O)NCCN3CCOC3=O)CCC2=O)c1. The summed E-state index contributed by atoms with van der Waals surface area (Å²) in [6.07, 6.45) is 0.572. The smallest absolute Gasteiger partial charge is 0.409 e. The molecule has 2 aliphatic heterocycles. The van der Waals surface area contributed by atoms with Crippen molar-refractivity contribution in [3.8, 4) is 5.75 Å². The Hall–Kier alpha value is -2.77. The molecule has 1 atom stereocenters. The number of nitrogens with one attached hydrogen (secondary N) is 1. The number of methoxy groups -OCH3 is 1. The Morgan fingerprint density at radius 3 is 2.93 bits per heavy atom. The summed E-state index contributed by atoms with van der Waals surface area (Å²) in [6.45, 7) is 2.63. The van der Waals surface area contributed by atoms with E-state index in [-0.39, 0.29) is 23.8 Å². The molecule has 0 radical (unpaired) electrons. The topological polar surface area (TPSA) is 88.2 Å². The van der Waals surface area contributed by atoms with Crippen molar-refractivity contribution in [3.05, 3.63) is 29.8 Å². The van der Waals surface area contributed by atoms with Crippen LogP contribution in [0.3, 0.4) is 0 Å². The molecule has 0 spiro atoms. The van der Waals surface area contributed by atoms with Gasteiger partial charge in [-0.3, -0.25) is 9.59 Å². The monoisotopic (exact) mass is 375 g/mol. The average Bonchev–Trinajstić information content (AvgIpc) is 3.08. The van der Waals surface area contributed by atoms with Crippen LogP contribution in [0.15, 0.2) is 24.3 Å². The lowest BCUT2D eigenvalue weighted by atomic mass is 9.96. The maximum Gasteiger partial charge on any atom is 0.409 e. The highest BCUT2D eigenvalue weighted by Gasteiger charge is 2.30. The zero-order chi connectivity index (χ0) is 19.2. The van der Waals surface area contributed by atoms with Crippen molar-refractivity contribution in [2.45, 2.75) is 19.4 Å². The minimum Gasteiger partial charge on any atom is -0.497 e. The number of hydrogen-bond acceptors (Lipinski definition) is 5. The van der Waals surface area contributed by atoms with Crippen molar-refractivity contribution in [3.63, 3.8) is 0 Å². The maximum absolute atomic E-state index is 12.5. The number of nitrogens with zero attached hydrogens (tertiary/aromatic N) is 2. The van der Waals surface area contributed by atoms with Gasteiger partial charge >= 0.3 is 6.09 Å². The highest BCUT2D eigenvalue weighted by Crippen LogP contribution is 2.21. The first kappa shape index (κ1) is 19.0. The number of rotatable bonds is 7. The van der Waals surface area contributed by atoms with Crippen LogP contribution in [0, 0.1) is 5.92 Å². The van der Waals surface area contributed by atoms with Gasteiger partial charge in [0.15, 0.2) is 0 Å². The number of amides is 3. The molecule has 8 heteroatoms. The Balaban J connectivity index is 1.50. The molecule has 2 saturated heterocycles. The van der Waals surface area contributed by atoms with E-state index in [4.69, 9.17) is 9.47 Å². The van der Waals surface area contributed by atoms with Gasteiger partial charge in [0.25, 0.3) is 0 Å². The summed E-state index contributed by atoms with van der Waals surface area (Å²) >= 11 is 0. The van der Waals surface area contributed by atoms with Crippen LogP contribution in [0.25, 0.3) is 0 Å². The third-order valence-electron chi connectivity index (χ3n) is 4.90. The normalized spacial score (nSPS) is 19.8. The third kappa shape index (κ3) is 4.90. The predicted octanol–water partition coefficient (Wildman–Crippen LogP) is 1.00. The van der Waals surface area contributed by atoms with E-state index in [0.29, 0.717) is 52.2 Å². The van der Waals surface area contributed by atoms with Crippen LogP contribution in [0.2, 0.25) is 0 Å². The van der Waals surface area contributed by atoms with Crippen LogP contribution >= 0.6 is 0 Å². The molecule has 1 aromatic carbocycles. The summed E-state index contributed by atoms with van der Waals surface area (Å²) in [4.78, 5) is 39.4. The summed E-state index contributed by atoms with van der Waals surface area (Å²) in [5.41, 5.74) is 0.969. The van der Waals surface area contributed by atoms with Crippen molar-refractivity contribution < 1.29 is 23.9 Å². The molecule has 0 aromatic heterocycles. The number of ether oxygens (including phenoxy) is 2. The van der Waals surface area contributed by atoms with E-state index in [1.54, 1.807) is 16.9 Å². The molecule has 2 aliphatic rings. The van der Waals surface area contributed by atoms with E-state index in [1.165, 1.54) is 0 Å². The molecule has 3 amide bonds. The molecule has 1 N–H and O–H groups in total. The summed E-state index contributed by atoms with van der Waals surface area (Å²) in [6, 6.07) is 7.57. The lowest BCUT2D eigenvalue weighted by Gasteiger charge is -2.32. The number of cyclic esters (lactones) is 1. The molecular weight excluding hydrogens is 350 g/mol. The van der Waals surface area contributed by atoms with Gasteiger partial charge in [0.2, 0.25) is 11.8 Å². The number of piperidine rings is 1. The van der Waals surface area contributed by atoms with E-state index < -0.39 is 0 Å². The molecule has 8 nitrogen and oxygen atoms in total. The first-order valence-electron chi connectivity index (χ1n) is 9.17. The first-order valence-corrected chi connectivity index (χ1v) is 9.17. The van der Waals surface area contributed by atoms with Crippen LogP contribution in [0.1, 0.15) is 18.4 Å². The molecule has 0 bridgehead atoms. The molecule has 0 unspecified atom stereocenters. The molecule has 1 aromatic rings. The van der Waals surface area contributed by atoms with Crippen molar-refractivity contribution in [2.75, 3.05) is 39.9 Å². The number of hydrogen-bond donors (Lipinski definition) is 1. The van der Waals surface area contributed by atoms with Gasteiger partial charge in [-0.25, -0.2) is 4.79 Å². The third-order valence-corrected chi connectivity index (χ3v) is 4.90. The fraction of sp³-hybridized carbons (Fsp3) is 0.526. The number of carbonyl (C=O) groups excluding carboxylic acids is 3. The molecule has 146 valence electrons. The van der Waals surface area contributed by atoms with Crippen molar-refractivity contribution in [1.82, 2.24) is 15.1 Å². The Labute approximate surface area is 158 Å². The Morgan fingerprint density at radius 1 is 1.33 bits per heavy atom. The second kappa shape index (κ2) is 8.75. The van der Waals surface area contributed by atoms with E-state index in [9.17, 15) is 14.4 Å². The zero-order valence-corrected chi connectivity index (χ0v) is 15.5. The van der Waals surface area contributed by atoms with Gasteiger partial charge in [0, 0.05) is 32.6 Å². The summed E-state index contributed by atoms with van der Waals surface area (Å²) in [5.74, 6) is 0.484. The van der Waals surface area contributed by atoms with E-state index in [2.05, 4.69) is 5.32 Å². The molecule has 0 aliphatic carbocycles. The van der Waals surface area contributed by atoms with Crippen LogP contribution in [0.4, 0.5) is 4.79 Å². The van der Waals surface area contributed by atoms with Crippen molar-refractivity contribution in [2.24, 2.45) is 5.92 Å². The first-order chi connectivity index (χ1) is 13.1.